The smallest absolute Gasteiger partial charge is 0.231 e. The van der Waals surface area contributed by atoms with Gasteiger partial charge in [0.25, 0.3) is 0 Å². The van der Waals surface area contributed by atoms with Crippen molar-refractivity contribution in [2.24, 2.45) is 5.92 Å². The lowest BCUT2D eigenvalue weighted by atomic mass is 9.82. The largest absolute Gasteiger partial charge is 0.496 e. The minimum atomic E-state index is -0.499. The number of amides is 2. The fourth-order valence-electron chi connectivity index (χ4n) is 4.42. The molecule has 2 amide bonds. The van der Waals surface area contributed by atoms with Gasteiger partial charge in [-0.1, -0.05) is 47.2 Å². The Morgan fingerprint density at radius 1 is 1.09 bits per heavy atom. The summed E-state index contributed by atoms with van der Waals surface area (Å²) in [5.74, 6) is 0.506. The molecule has 2 aromatic carbocycles. The second kappa shape index (κ2) is 8.94. The average Bonchev–Trinajstić information content (AvgIpc) is 3.58. The van der Waals surface area contributed by atoms with Crippen molar-refractivity contribution in [3.8, 4) is 5.75 Å². The van der Waals surface area contributed by atoms with Crippen LogP contribution in [0.1, 0.15) is 53.8 Å². The highest BCUT2D eigenvalue weighted by atomic mass is 32.1. The molecule has 0 spiro atoms. The molecule has 1 aromatic heterocycles. The summed E-state index contributed by atoms with van der Waals surface area (Å²) in [7, 11) is 1.61. The van der Waals surface area contributed by atoms with Gasteiger partial charge >= 0.3 is 0 Å². The van der Waals surface area contributed by atoms with E-state index in [9.17, 15) is 9.59 Å². The number of piperidine rings is 1. The van der Waals surface area contributed by atoms with Crippen molar-refractivity contribution in [1.82, 2.24) is 10.2 Å². The monoisotopic (exact) mass is 462 g/mol. The van der Waals surface area contributed by atoms with Gasteiger partial charge in [0.15, 0.2) is 0 Å². The molecule has 2 aliphatic rings. The summed E-state index contributed by atoms with van der Waals surface area (Å²) in [5, 5.41) is 12.9. The van der Waals surface area contributed by atoms with Crippen molar-refractivity contribution in [3.63, 3.8) is 0 Å². The molecule has 33 heavy (non-hydrogen) atoms. The highest BCUT2D eigenvalue weighted by Crippen LogP contribution is 2.44. The van der Waals surface area contributed by atoms with Crippen LogP contribution in [0.2, 0.25) is 0 Å². The number of ether oxygens (including phenoxy) is 1. The van der Waals surface area contributed by atoms with Crippen molar-refractivity contribution in [2.75, 3.05) is 17.3 Å². The Kier molecular flexibility index (Phi) is 5.85. The number of carbonyl (C=O) groups is 2. The van der Waals surface area contributed by atoms with E-state index in [1.807, 2.05) is 55.5 Å². The van der Waals surface area contributed by atoms with Crippen LogP contribution in [0.4, 0.5) is 10.8 Å². The first-order valence-corrected chi connectivity index (χ1v) is 12.0. The van der Waals surface area contributed by atoms with Gasteiger partial charge in [0.1, 0.15) is 10.8 Å². The number of aromatic nitrogens is 2. The van der Waals surface area contributed by atoms with E-state index in [1.54, 1.807) is 12.0 Å². The van der Waals surface area contributed by atoms with E-state index in [0.29, 0.717) is 29.6 Å². The SMILES string of the molecule is COc1ccccc1C1C(C(=O)Nc2nnc(C3CC3)s2)CCC(=O)N1c1ccc(C)cc1. The van der Waals surface area contributed by atoms with Crippen molar-refractivity contribution >= 4 is 34.0 Å². The maximum Gasteiger partial charge on any atom is 0.231 e. The molecule has 1 aliphatic carbocycles. The van der Waals surface area contributed by atoms with Crippen LogP contribution in [0, 0.1) is 12.8 Å². The highest BCUT2D eigenvalue weighted by Gasteiger charge is 2.43. The van der Waals surface area contributed by atoms with Crippen molar-refractivity contribution < 1.29 is 14.3 Å². The zero-order valence-corrected chi connectivity index (χ0v) is 19.5. The Balaban J connectivity index is 1.52. The Bertz CT molecular complexity index is 1170. The summed E-state index contributed by atoms with van der Waals surface area (Å²) in [5.41, 5.74) is 2.68. The molecule has 0 radical (unpaired) electrons. The third-order valence-electron chi connectivity index (χ3n) is 6.30. The van der Waals surface area contributed by atoms with Crippen molar-refractivity contribution in [2.45, 2.75) is 44.6 Å². The zero-order chi connectivity index (χ0) is 22.9. The number of methoxy groups -OCH3 is 1. The molecule has 3 aromatic rings. The number of hydrogen-bond acceptors (Lipinski definition) is 6. The minimum absolute atomic E-state index is 0.00857. The van der Waals surface area contributed by atoms with E-state index >= 15 is 0 Å². The number of anilines is 2. The molecule has 5 rings (SSSR count). The quantitative estimate of drug-likeness (QED) is 0.566. The number of carbonyl (C=O) groups excluding carboxylic acids is 2. The van der Waals surface area contributed by atoms with Crippen LogP contribution in [0.15, 0.2) is 48.5 Å². The molecule has 1 saturated heterocycles. The number of nitrogens with one attached hydrogen (secondary N) is 1. The lowest BCUT2D eigenvalue weighted by Crippen LogP contribution is -2.47. The molecule has 2 fully saturated rings. The molecule has 2 unspecified atom stereocenters. The lowest BCUT2D eigenvalue weighted by Gasteiger charge is -2.41. The number of hydrogen-bond donors (Lipinski definition) is 1. The summed E-state index contributed by atoms with van der Waals surface area (Å²) in [6, 6.07) is 14.9. The number of benzene rings is 2. The topological polar surface area (TPSA) is 84.4 Å². The van der Waals surface area contributed by atoms with Gasteiger partial charge in [-0.3, -0.25) is 9.59 Å². The normalized spacial score (nSPS) is 20.5. The molecule has 2 heterocycles. The van der Waals surface area contributed by atoms with Crippen LogP contribution in [0.25, 0.3) is 0 Å². The predicted octanol–water partition coefficient (Wildman–Crippen LogP) is 4.86. The molecule has 2 atom stereocenters. The van der Waals surface area contributed by atoms with Crippen LogP contribution in [-0.4, -0.2) is 29.1 Å². The first kappa shape index (κ1) is 21.6. The first-order chi connectivity index (χ1) is 16.0. The highest BCUT2D eigenvalue weighted by molar-refractivity contribution is 7.15. The van der Waals surface area contributed by atoms with Gasteiger partial charge in [0.05, 0.1) is 19.1 Å². The number of para-hydroxylation sites is 1. The van der Waals surface area contributed by atoms with Gasteiger partial charge in [0.2, 0.25) is 16.9 Å². The maximum absolute atomic E-state index is 13.5. The maximum atomic E-state index is 13.5. The molecule has 7 nitrogen and oxygen atoms in total. The van der Waals surface area contributed by atoms with E-state index in [0.717, 1.165) is 34.7 Å². The second-order valence-corrected chi connectivity index (χ2v) is 9.65. The summed E-state index contributed by atoms with van der Waals surface area (Å²) >= 11 is 1.44. The lowest BCUT2D eigenvalue weighted by molar-refractivity contribution is -0.125. The summed E-state index contributed by atoms with van der Waals surface area (Å²) < 4.78 is 5.63. The van der Waals surface area contributed by atoms with Gasteiger partial charge in [0, 0.05) is 23.6 Å². The number of rotatable bonds is 6. The van der Waals surface area contributed by atoms with E-state index in [-0.39, 0.29) is 11.8 Å². The minimum Gasteiger partial charge on any atom is -0.496 e. The molecule has 0 bridgehead atoms. The fraction of sp³-hybridized carbons (Fsp3) is 0.360. The summed E-state index contributed by atoms with van der Waals surface area (Å²) in [6.45, 7) is 2.01. The molecule has 170 valence electrons. The Morgan fingerprint density at radius 3 is 2.58 bits per heavy atom. The Labute approximate surface area is 196 Å². The van der Waals surface area contributed by atoms with Gasteiger partial charge < -0.3 is 15.0 Å². The van der Waals surface area contributed by atoms with E-state index < -0.39 is 12.0 Å². The third-order valence-corrected chi connectivity index (χ3v) is 7.30. The molecule has 1 saturated carbocycles. The Hall–Kier alpha value is -3.26. The van der Waals surface area contributed by atoms with Crippen LogP contribution in [-0.2, 0) is 9.59 Å². The Morgan fingerprint density at radius 2 is 1.85 bits per heavy atom. The molecule has 8 heteroatoms. The van der Waals surface area contributed by atoms with Gasteiger partial charge in [-0.2, -0.15) is 0 Å². The van der Waals surface area contributed by atoms with Gasteiger partial charge in [-0.25, -0.2) is 0 Å². The summed E-state index contributed by atoms with van der Waals surface area (Å²) in [4.78, 5) is 28.5. The average molecular weight is 463 g/mol. The van der Waals surface area contributed by atoms with E-state index in [1.165, 1.54) is 11.3 Å². The van der Waals surface area contributed by atoms with Crippen molar-refractivity contribution in [3.05, 3.63) is 64.7 Å². The molecule has 1 N–H and O–H groups in total. The molecular formula is C25H26N4O3S. The van der Waals surface area contributed by atoms with Crippen LogP contribution < -0.4 is 15.0 Å². The van der Waals surface area contributed by atoms with E-state index in [2.05, 4.69) is 15.5 Å². The first-order valence-electron chi connectivity index (χ1n) is 11.2. The molecule has 1 aliphatic heterocycles. The second-order valence-electron chi connectivity index (χ2n) is 8.64. The van der Waals surface area contributed by atoms with Gasteiger partial charge in [-0.05, 0) is 44.4 Å². The van der Waals surface area contributed by atoms with Gasteiger partial charge in [-0.15, -0.1) is 10.2 Å². The number of aryl methyl sites for hydroxylation is 1. The van der Waals surface area contributed by atoms with Crippen LogP contribution in [0.3, 0.4) is 0 Å². The zero-order valence-electron chi connectivity index (χ0n) is 18.7. The summed E-state index contributed by atoms with van der Waals surface area (Å²) in [6.07, 6.45) is 3.01. The molecular weight excluding hydrogens is 436 g/mol. The standard InChI is InChI=1S/C25H26N4O3S/c1-15-7-11-17(12-8-15)29-21(30)14-13-19(22(29)18-5-3-4-6-20(18)32-2)23(31)26-25-28-27-24(33-25)16-9-10-16/h3-8,11-12,16,19,22H,9-10,13-14H2,1-2H3,(H,26,28,31). The predicted molar refractivity (Wildman–Crippen MR) is 128 cm³/mol. The number of nitrogens with zero attached hydrogens (tertiary/aromatic N) is 3. The van der Waals surface area contributed by atoms with Crippen LogP contribution >= 0.6 is 11.3 Å². The third kappa shape index (κ3) is 4.35. The van der Waals surface area contributed by atoms with Crippen molar-refractivity contribution in [1.29, 1.82) is 0 Å². The fourth-order valence-corrected chi connectivity index (χ4v) is 5.34. The van der Waals surface area contributed by atoms with E-state index in [4.69, 9.17) is 4.74 Å². The van der Waals surface area contributed by atoms with Crippen LogP contribution in [0.5, 0.6) is 5.75 Å².